The number of nitrogens with zero attached hydrogens (tertiary/aromatic N) is 2. The molecule has 0 atom stereocenters. The first-order chi connectivity index (χ1) is 9.63. The molecule has 0 radical (unpaired) electrons. The van der Waals surface area contributed by atoms with Gasteiger partial charge in [0.05, 0.1) is 6.20 Å². The Labute approximate surface area is 118 Å². The van der Waals surface area contributed by atoms with Gasteiger partial charge < -0.3 is 5.32 Å². The van der Waals surface area contributed by atoms with Crippen molar-refractivity contribution in [2.45, 2.75) is 38.3 Å². The second-order valence-corrected chi connectivity index (χ2v) is 5.68. The Bertz CT molecular complexity index is 600. The van der Waals surface area contributed by atoms with Crippen LogP contribution in [-0.4, -0.2) is 15.8 Å². The van der Waals surface area contributed by atoms with Gasteiger partial charge in [0.15, 0.2) is 0 Å². The second kappa shape index (κ2) is 5.37. The Balaban J connectivity index is 1.50. The highest BCUT2D eigenvalue weighted by Crippen LogP contribution is 2.37. The summed E-state index contributed by atoms with van der Waals surface area (Å²) in [5.74, 6) is 0.364. The van der Waals surface area contributed by atoms with Crippen molar-refractivity contribution in [3.05, 3.63) is 53.1 Å². The van der Waals surface area contributed by atoms with Crippen LogP contribution in [0.25, 0.3) is 0 Å². The van der Waals surface area contributed by atoms with Crippen LogP contribution in [0, 0.1) is 12.7 Å². The zero-order valence-electron chi connectivity index (χ0n) is 11.9. The van der Waals surface area contributed by atoms with Crippen LogP contribution in [-0.2, 0) is 13.6 Å². The minimum absolute atomic E-state index is 0.134. The molecule has 0 bridgehead atoms. The molecule has 1 saturated carbocycles. The molecule has 1 aliphatic rings. The summed E-state index contributed by atoms with van der Waals surface area (Å²) in [5, 5.41) is 7.80. The number of aryl methyl sites for hydroxylation is 1. The minimum atomic E-state index is -0.134. The van der Waals surface area contributed by atoms with E-state index in [1.807, 2.05) is 24.0 Å². The molecular weight excluding hydrogens is 253 g/mol. The number of rotatable bonds is 4. The van der Waals surface area contributed by atoms with Crippen molar-refractivity contribution in [3.63, 3.8) is 0 Å². The van der Waals surface area contributed by atoms with Gasteiger partial charge in [0.2, 0.25) is 0 Å². The third-order valence-electron chi connectivity index (χ3n) is 4.38. The molecule has 2 aromatic rings. The number of hydrogen-bond donors (Lipinski definition) is 1. The predicted octanol–water partition coefficient (Wildman–Crippen LogP) is 2.90. The molecule has 0 aliphatic heterocycles. The quantitative estimate of drug-likeness (QED) is 0.928. The summed E-state index contributed by atoms with van der Waals surface area (Å²) < 4.78 is 15.1. The molecule has 3 nitrogen and oxygen atoms in total. The van der Waals surface area contributed by atoms with E-state index in [2.05, 4.69) is 17.3 Å². The summed E-state index contributed by atoms with van der Waals surface area (Å²) in [6, 6.07) is 7.51. The Morgan fingerprint density at radius 3 is 2.85 bits per heavy atom. The molecule has 106 valence electrons. The first kappa shape index (κ1) is 13.3. The molecule has 1 aromatic carbocycles. The predicted molar refractivity (Wildman–Crippen MR) is 76.9 cm³/mol. The molecule has 20 heavy (non-hydrogen) atoms. The summed E-state index contributed by atoms with van der Waals surface area (Å²) >= 11 is 0. The molecule has 0 amide bonds. The SMILES string of the molecule is Cc1c(CNC2CC(c3cccc(F)c3)C2)cnn1C. The van der Waals surface area contributed by atoms with E-state index in [-0.39, 0.29) is 5.82 Å². The molecular formula is C16H20FN3. The number of aromatic nitrogens is 2. The van der Waals surface area contributed by atoms with Gasteiger partial charge in [0, 0.05) is 30.9 Å². The topological polar surface area (TPSA) is 29.9 Å². The van der Waals surface area contributed by atoms with Crippen molar-refractivity contribution in [3.8, 4) is 0 Å². The van der Waals surface area contributed by atoms with Crippen molar-refractivity contribution in [2.75, 3.05) is 0 Å². The van der Waals surface area contributed by atoms with E-state index in [1.165, 1.54) is 17.3 Å². The lowest BCUT2D eigenvalue weighted by molar-refractivity contribution is 0.289. The van der Waals surface area contributed by atoms with Gasteiger partial charge in [-0.15, -0.1) is 0 Å². The van der Waals surface area contributed by atoms with Crippen molar-refractivity contribution < 1.29 is 4.39 Å². The molecule has 1 heterocycles. The molecule has 1 aromatic heterocycles. The van der Waals surface area contributed by atoms with Crippen LogP contribution in [0.3, 0.4) is 0 Å². The summed E-state index contributed by atoms with van der Waals surface area (Å²) in [7, 11) is 1.96. The smallest absolute Gasteiger partial charge is 0.123 e. The zero-order valence-corrected chi connectivity index (χ0v) is 11.9. The van der Waals surface area contributed by atoms with Gasteiger partial charge in [-0.05, 0) is 43.4 Å². The van der Waals surface area contributed by atoms with Crippen molar-refractivity contribution in [1.29, 1.82) is 0 Å². The Hall–Kier alpha value is -1.68. The van der Waals surface area contributed by atoms with Crippen LogP contribution in [0.2, 0.25) is 0 Å². The van der Waals surface area contributed by atoms with Gasteiger partial charge in [-0.1, -0.05) is 12.1 Å². The fourth-order valence-corrected chi connectivity index (χ4v) is 2.79. The van der Waals surface area contributed by atoms with Crippen molar-refractivity contribution in [2.24, 2.45) is 7.05 Å². The van der Waals surface area contributed by atoms with Crippen LogP contribution >= 0.6 is 0 Å². The Kier molecular flexibility index (Phi) is 3.57. The molecule has 1 aliphatic carbocycles. The Morgan fingerprint density at radius 1 is 1.40 bits per heavy atom. The summed E-state index contributed by atoms with van der Waals surface area (Å²) in [5.41, 5.74) is 3.58. The molecule has 4 heteroatoms. The maximum absolute atomic E-state index is 13.2. The van der Waals surface area contributed by atoms with Crippen molar-refractivity contribution in [1.82, 2.24) is 15.1 Å². The fraction of sp³-hybridized carbons (Fsp3) is 0.438. The lowest BCUT2D eigenvalue weighted by Crippen LogP contribution is -2.39. The van der Waals surface area contributed by atoms with Crippen LogP contribution in [0.1, 0.15) is 35.6 Å². The Morgan fingerprint density at radius 2 is 2.20 bits per heavy atom. The van der Waals surface area contributed by atoms with Crippen LogP contribution in [0.4, 0.5) is 4.39 Å². The molecule has 0 unspecified atom stereocenters. The minimum Gasteiger partial charge on any atom is -0.310 e. The third-order valence-corrected chi connectivity index (χ3v) is 4.38. The van der Waals surface area contributed by atoms with E-state index in [0.29, 0.717) is 12.0 Å². The largest absolute Gasteiger partial charge is 0.310 e. The average Bonchev–Trinajstić information content (AvgIpc) is 2.69. The van der Waals surface area contributed by atoms with E-state index in [1.54, 1.807) is 12.1 Å². The van der Waals surface area contributed by atoms with Crippen LogP contribution in [0.5, 0.6) is 0 Å². The standard InChI is InChI=1S/C16H20FN3/c1-11-14(10-19-20(11)2)9-18-16-7-13(8-16)12-4-3-5-15(17)6-12/h3-6,10,13,16,18H,7-9H2,1-2H3. The first-order valence-electron chi connectivity index (χ1n) is 7.10. The van der Waals surface area contributed by atoms with Crippen LogP contribution < -0.4 is 5.32 Å². The fourth-order valence-electron chi connectivity index (χ4n) is 2.79. The van der Waals surface area contributed by atoms with Gasteiger partial charge in [-0.2, -0.15) is 5.10 Å². The van der Waals surface area contributed by atoms with E-state index >= 15 is 0 Å². The molecule has 3 rings (SSSR count). The van der Waals surface area contributed by atoms with E-state index in [0.717, 1.165) is 24.9 Å². The normalized spacial score (nSPS) is 21.8. The maximum Gasteiger partial charge on any atom is 0.123 e. The number of benzene rings is 1. The number of nitrogens with one attached hydrogen (secondary N) is 1. The highest BCUT2D eigenvalue weighted by Gasteiger charge is 2.30. The highest BCUT2D eigenvalue weighted by atomic mass is 19.1. The maximum atomic E-state index is 13.2. The van der Waals surface area contributed by atoms with Gasteiger partial charge in [0.25, 0.3) is 0 Å². The first-order valence-corrected chi connectivity index (χ1v) is 7.10. The van der Waals surface area contributed by atoms with Gasteiger partial charge >= 0.3 is 0 Å². The van der Waals surface area contributed by atoms with E-state index in [9.17, 15) is 4.39 Å². The van der Waals surface area contributed by atoms with Gasteiger partial charge in [-0.25, -0.2) is 4.39 Å². The molecule has 1 fully saturated rings. The number of halogens is 1. The summed E-state index contributed by atoms with van der Waals surface area (Å²) in [6.45, 7) is 2.94. The summed E-state index contributed by atoms with van der Waals surface area (Å²) in [4.78, 5) is 0. The van der Waals surface area contributed by atoms with E-state index in [4.69, 9.17) is 0 Å². The van der Waals surface area contributed by atoms with Gasteiger partial charge in [0.1, 0.15) is 5.82 Å². The lowest BCUT2D eigenvalue weighted by atomic mass is 9.76. The monoisotopic (exact) mass is 273 g/mol. The zero-order chi connectivity index (χ0) is 14.1. The second-order valence-electron chi connectivity index (χ2n) is 5.68. The lowest BCUT2D eigenvalue weighted by Gasteiger charge is -2.36. The van der Waals surface area contributed by atoms with Crippen LogP contribution in [0.15, 0.2) is 30.5 Å². The van der Waals surface area contributed by atoms with Crippen molar-refractivity contribution >= 4 is 0 Å². The average molecular weight is 273 g/mol. The third kappa shape index (κ3) is 2.61. The molecule has 0 spiro atoms. The number of hydrogen-bond acceptors (Lipinski definition) is 2. The molecule has 0 saturated heterocycles. The van der Waals surface area contributed by atoms with Gasteiger partial charge in [-0.3, -0.25) is 4.68 Å². The molecule has 1 N–H and O–H groups in total. The van der Waals surface area contributed by atoms with E-state index < -0.39 is 0 Å². The summed E-state index contributed by atoms with van der Waals surface area (Å²) in [6.07, 6.45) is 4.09. The highest BCUT2D eigenvalue weighted by molar-refractivity contribution is 5.24.